The highest BCUT2D eigenvalue weighted by Gasteiger charge is 2.30. The maximum absolute atomic E-state index is 13.0. The average molecular weight is 432 g/mol. The van der Waals surface area contributed by atoms with Gasteiger partial charge in [-0.05, 0) is 42.3 Å². The second-order valence-electron chi connectivity index (χ2n) is 6.74. The number of fused-ring (bicyclic) bond motifs is 1. The van der Waals surface area contributed by atoms with Crippen LogP contribution in [0.3, 0.4) is 0 Å². The van der Waals surface area contributed by atoms with E-state index in [0.717, 1.165) is 5.56 Å². The van der Waals surface area contributed by atoms with E-state index in [1.807, 2.05) is 18.2 Å². The molecular weight excluding hydrogens is 408 g/mol. The number of amides is 1. The summed E-state index contributed by atoms with van der Waals surface area (Å²) in [6, 6.07) is 13.4. The number of esters is 1. The van der Waals surface area contributed by atoms with Gasteiger partial charge in [0.2, 0.25) is 5.91 Å². The van der Waals surface area contributed by atoms with Crippen molar-refractivity contribution in [1.29, 1.82) is 0 Å². The Hall–Kier alpha value is -2.91. The summed E-state index contributed by atoms with van der Waals surface area (Å²) >= 11 is 0. The molecule has 30 heavy (non-hydrogen) atoms. The number of sulfonamides is 1. The van der Waals surface area contributed by atoms with Crippen LogP contribution in [0.1, 0.15) is 18.4 Å². The molecule has 0 unspecified atom stereocenters. The number of nitrogens with one attached hydrogen (secondary N) is 1. The van der Waals surface area contributed by atoms with Gasteiger partial charge >= 0.3 is 5.97 Å². The van der Waals surface area contributed by atoms with Crippen LogP contribution in [-0.2, 0) is 35.5 Å². The molecule has 0 spiro atoms. The molecule has 2 aromatic carbocycles. The van der Waals surface area contributed by atoms with Crippen LogP contribution in [-0.4, -0.2) is 47.2 Å². The van der Waals surface area contributed by atoms with Gasteiger partial charge in [0.05, 0.1) is 23.6 Å². The van der Waals surface area contributed by atoms with Crippen molar-refractivity contribution in [2.24, 2.45) is 0 Å². The van der Waals surface area contributed by atoms with Gasteiger partial charge in [-0.15, -0.1) is 0 Å². The van der Waals surface area contributed by atoms with E-state index in [4.69, 9.17) is 9.47 Å². The number of ether oxygens (including phenoxy) is 2. The molecule has 0 saturated carbocycles. The van der Waals surface area contributed by atoms with Crippen molar-refractivity contribution < 1.29 is 27.5 Å². The molecule has 0 radical (unpaired) electrons. The third kappa shape index (κ3) is 5.17. The lowest BCUT2D eigenvalue weighted by Crippen LogP contribution is -2.29. The number of benzene rings is 2. The van der Waals surface area contributed by atoms with E-state index >= 15 is 0 Å². The Bertz CT molecular complexity index is 1000. The number of hydrogen-bond donors (Lipinski definition) is 1. The molecule has 1 aliphatic heterocycles. The number of methoxy groups -OCH3 is 1. The first kappa shape index (κ1) is 21.8. The molecule has 0 bridgehead atoms. The van der Waals surface area contributed by atoms with Crippen LogP contribution in [0.25, 0.3) is 0 Å². The SMILES string of the molecule is COCCOC(=O)CCC(=O)Nc1ccc(S(=O)(=O)N2CCc3ccccc32)cc1. The van der Waals surface area contributed by atoms with Gasteiger partial charge in [0.15, 0.2) is 0 Å². The quantitative estimate of drug-likeness (QED) is 0.482. The van der Waals surface area contributed by atoms with Crippen LogP contribution >= 0.6 is 0 Å². The number of carbonyl (C=O) groups is 2. The van der Waals surface area contributed by atoms with Gasteiger partial charge < -0.3 is 14.8 Å². The minimum atomic E-state index is -3.68. The summed E-state index contributed by atoms with van der Waals surface area (Å²) in [5.74, 6) is -0.836. The third-order valence-electron chi connectivity index (χ3n) is 4.68. The van der Waals surface area contributed by atoms with Crippen molar-refractivity contribution in [3.05, 3.63) is 54.1 Å². The topological polar surface area (TPSA) is 102 Å². The highest BCUT2D eigenvalue weighted by atomic mass is 32.2. The molecule has 0 atom stereocenters. The van der Waals surface area contributed by atoms with Gasteiger partial charge in [-0.1, -0.05) is 18.2 Å². The number of nitrogens with zero attached hydrogens (tertiary/aromatic N) is 1. The predicted octanol–water partition coefficient (Wildman–Crippen LogP) is 2.35. The van der Waals surface area contributed by atoms with Gasteiger partial charge in [0, 0.05) is 25.8 Å². The van der Waals surface area contributed by atoms with Gasteiger partial charge in [0.1, 0.15) is 6.61 Å². The molecule has 0 saturated heterocycles. The van der Waals surface area contributed by atoms with Crippen molar-refractivity contribution in [2.45, 2.75) is 24.2 Å². The first-order chi connectivity index (χ1) is 14.4. The van der Waals surface area contributed by atoms with Gasteiger partial charge in [-0.2, -0.15) is 0 Å². The lowest BCUT2D eigenvalue weighted by Gasteiger charge is -2.19. The molecule has 1 aliphatic rings. The molecule has 1 N–H and O–H groups in total. The zero-order chi connectivity index (χ0) is 21.6. The summed E-state index contributed by atoms with van der Waals surface area (Å²) in [5, 5.41) is 2.65. The Balaban J connectivity index is 1.57. The predicted molar refractivity (Wildman–Crippen MR) is 112 cm³/mol. The summed E-state index contributed by atoms with van der Waals surface area (Å²) in [6.45, 7) is 0.852. The fourth-order valence-electron chi connectivity index (χ4n) is 3.15. The minimum absolute atomic E-state index is 0.0313. The van der Waals surface area contributed by atoms with Crippen molar-refractivity contribution in [3.63, 3.8) is 0 Å². The highest BCUT2D eigenvalue weighted by Crippen LogP contribution is 2.32. The number of carbonyl (C=O) groups excluding carboxylic acids is 2. The van der Waals surface area contributed by atoms with Crippen LogP contribution in [0.5, 0.6) is 0 Å². The molecule has 1 amide bonds. The maximum Gasteiger partial charge on any atom is 0.306 e. The Morgan fingerprint density at radius 2 is 1.77 bits per heavy atom. The molecule has 8 nitrogen and oxygen atoms in total. The van der Waals surface area contributed by atoms with Crippen molar-refractivity contribution >= 4 is 33.3 Å². The molecule has 0 fully saturated rings. The molecule has 0 aliphatic carbocycles. The molecule has 1 heterocycles. The fraction of sp³-hybridized carbons (Fsp3) is 0.333. The normalized spacial score (nSPS) is 13.0. The van der Waals surface area contributed by atoms with Crippen molar-refractivity contribution in [1.82, 2.24) is 0 Å². The first-order valence-corrected chi connectivity index (χ1v) is 11.0. The molecule has 3 rings (SSSR count). The van der Waals surface area contributed by atoms with E-state index in [-0.39, 0.29) is 30.3 Å². The van der Waals surface area contributed by atoms with E-state index in [1.54, 1.807) is 6.07 Å². The Morgan fingerprint density at radius 3 is 2.50 bits per heavy atom. The van der Waals surface area contributed by atoms with Crippen molar-refractivity contribution in [3.8, 4) is 0 Å². The van der Waals surface area contributed by atoms with E-state index < -0.39 is 16.0 Å². The van der Waals surface area contributed by atoms with E-state index in [9.17, 15) is 18.0 Å². The van der Waals surface area contributed by atoms with E-state index in [2.05, 4.69) is 5.32 Å². The van der Waals surface area contributed by atoms with E-state index in [1.165, 1.54) is 35.7 Å². The molecular formula is C21H24N2O6S. The molecule has 2 aromatic rings. The van der Waals surface area contributed by atoms with Crippen LogP contribution < -0.4 is 9.62 Å². The molecule has 9 heteroatoms. The third-order valence-corrected chi connectivity index (χ3v) is 6.50. The van der Waals surface area contributed by atoms with Gasteiger partial charge in [-0.3, -0.25) is 13.9 Å². The zero-order valence-electron chi connectivity index (χ0n) is 16.7. The van der Waals surface area contributed by atoms with Gasteiger partial charge in [0.25, 0.3) is 10.0 Å². The maximum atomic E-state index is 13.0. The number of para-hydroxylation sites is 1. The summed E-state index contributed by atoms with van der Waals surface area (Å²) in [4.78, 5) is 23.7. The average Bonchev–Trinajstić information content (AvgIpc) is 3.18. The largest absolute Gasteiger partial charge is 0.463 e. The summed E-state index contributed by atoms with van der Waals surface area (Å²) in [7, 11) is -2.18. The summed E-state index contributed by atoms with van der Waals surface area (Å²) in [5.41, 5.74) is 2.16. The zero-order valence-corrected chi connectivity index (χ0v) is 17.5. The van der Waals surface area contributed by atoms with Crippen LogP contribution in [0.2, 0.25) is 0 Å². The Labute approximate surface area is 175 Å². The lowest BCUT2D eigenvalue weighted by molar-refractivity contribution is -0.145. The lowest BCUT2D eigenvalue weighted by atomic mass is 10.2. The van der Waals surface area contributed by atoms with Crippen LogP contribution in [0, 0.1) is 0 Å². The molecule has 160 valence electrons. The first-order valence-electron chi connectivity index (χ1n) is 9.57. The number of rotatable bonds is 9. The number of anilines is 2. The summed E-state index contributed by atoms with van der Waals surface area (Å²) < 4.78 is 37.1. The fourth-order valence-corrected chi connectivity index (χ4v) is 4.65. The van der Waals surface area contributed by atoms with Crippen LogP contribution in [0.4, 0.5) is 11.4 Å². The van der Waals surface area contributed by atoms with Gasteiger partial charge in [-0.25, -0.2) is 8.42 Å². The second kappa shape index (κ2) is 9.73. The van der Waals surface area contributed by atoms with E-state index in [0.29, 0.717) is 30.9 Å². The van der Waals surface area contributed by atoms with Crippen molar-refractivity contribution in [2.75, 3.05) is 36.5 Å². The smallest absolute Gasteiger partial charge is 0.306 e. The van der Waals surface area contributed by atoms with Crippen LogP contribution in [0.15, 0.2) is 53.4 Å². The second-order valence-corrected chi connectivity index (χ2v) is 8.60. The standard InChI is InChI=1S/C21H24N2O6S/c1-28-14-15-29-21(25)11-10-20(24)22-17-6-8-18(9-7-17)30(26,27)23-13-12-16-4-2-3-5-19(16)23/h2-9H,10-15H2,1H3,(H,22,24). The monoisotopic (exact) mass is 432 g/mol. The molecule has 0 aromatic heterocycles. The Kier molecular flexibility index (Phi) is 7.07. The number of hydrogen-bond acceptors (Lipinski definition) is 6. The minimum Gasteiger partial charge on any atom is -0.463 e. The summed E-state index contributed by atoms with van der Waals surface area (Å²) in [6.07, 6.45) is 0.601. The highest BCUT2D eigenvalue weighted by molar-refractivity contribution is 7.92. The Morgan fingerprint density at radius 1 is 1.03 bits per heavy atom.